The molecule has 0 unspecified atom stereocenters. The van der Waals surface area contributed by atoms with E-state index in [1.54, 1.807) is 13.2 Å². The molecular formula is C12H12BrFN2OS. The summed E-state index contributed by atoms with van der Waals surface area (Å²) >= 11 is 4.97. The molecule has 0 aliphatic heterocycles. The van der Waals surface area contributed by atoms with Gasteiger partial charge in [-0.3, -0.25) is 0 Å². The number of methoxy groups -OCH3 is 1. The Morgan fingerprint density at radius 1 is 1.50 bits per heavy atom. The van der Waals surface area contributed by atoms with Gasteiger partial charge in [-0.25, -0.2) is 9.37 Å². The van der Waals surface area contributed by atoms with Gasteiger partial charge in [0.05, 0.1) is 16.6 Å². The van der Waals surface area contributed by atoms with Gasteiger partial charge in [-0.2, -0.15) is 0 Å². The number of thiazole rings is 1. The number of nitrogens with one attached hydrogen (secondary N) is 1. The summed E-state index contributed by atoms with van der Waals surface area (Å²) in [4.78, 5) is 4.41. The summed E-state index contributed by atoms with van der Waals surface area (Å²) in [6, 6.07) is 4.49. The van der Waals surface area contributed by atoms with Crippen LogP contribution in [-0.2, 0) is 6.42 Å². The highest BCUT2D eigenvalue weighted by atomic mass is 79.9. The normalized spacial score (nSPS) is 10.4. The number of halogens is 2. The van der Waals surface area contributed by atoms with Crippen LogP contribution in [0.25, 0.3) is 0 Å². The van der Waals surface area contributed by atoms with Crippen LogP contribution < -0.4 is 10.1 Å². The summed E-state index contributed by atoms with van der Waals surface area (Å²) in [7, 11) is 3.39. The van der Waals surface area contributed by atoms with Gasteiger partial charge in [0.2, 0.25) is 0 Å². The van der Waals surface area contributed by atoms with Crippen molar-refractivity contribution >= 4 is 32.4 Å². The molecule has 0 aliphatic rings. The van der Waals surface area contributed by atoms with Crippen LogP contribution in [0.3, 0.4) is 0 Å². The van der Waals surface area contributed by atoms with Crippen molar-refractivity contribution in [2.45, 2.75) is 6.42 Å². The van der Waals surface area contributed by atoms with E-state index in [9.17, 15) is 4.39 Å². The van der Waals surface area contributed by atoms with Gasteiger partial charge in [0.15, 0.2) is 5.13 Å². The van der Waals surface area contributed by atoms with E-state index in [0.717, 1.165) is 20.2 Å². The Hall–Kier alpha value is -1.14. The molecule has 0 fully saturated rings. The molecule has 0 bridgehead atoms. The largest absolute Gasteiger partial charge is 0.496 e. The summed E-state index contributed by atoms with van der Waals surface area (Å²) in [6.45, 7) is 0. The Kier molecular flexibility index (Phi) is 4.19. The molecule has 0 radical (unpaired) electrons. The van der Waals surface area contributed by atoms with Crippen molar-refractivity contribution < 1.29 is 9.13 Å². The topological polar surface area (TPSA) is 34.2 Å². The first-order valence-corrected chi connectivity index (χ1v) is 6.90. The lowest BCUT2D eigenvalue weighted by molar-refractivity contribution is 0.409. The fourth-order valence-corrected chi connectivity index (χ4v) is 2.97. The van der Waals surface area contributed by atoms with Crippen LogP contribution in [0.2, 0.25) is 0 Å². The molecule has 6 heteroatoms. The number of benzene rings is 1. The monoisotopic (exact) mass is 330 g/mol. The molecule has 1 aromatic heterocycles. The van der Waals surface area contributed by atoms with Gasteiger partial charge in [0, 0.05) is 19.0 Å². The van der Waals surface area contributed by atoms with E-state index in [4.69, 9.17) is 4.74 Å². The maximum atomic E-state index is 13.3. The van der Waals surface area contributed by atoms with Gasteiger partial charge in [-0.1, -0.05) is 11.3 Å². The van der Waals surface area contributed by atoms with Crippen LogP contribution in [0.15, 0.2) is 22.0 Å². The lowest BCUT2D eigenvalue weighted by atomic mass is 10.1. The number of hydrogen-bond donors (Lipinski definition) is 1. The molecule has 3 nitrogen and oxygen atoms in total. The second-order valence-electron chi connectivity index (χ2n) is 3.62. The summed E-state index contributed by atoms with van der Waals surface area (Å²) in [6.07, 6.45) is 0.527. The van der Waals surface area contributed by atoms with Crippen LogP contribution >= 0.6 is 27.3 Å². The average molecular weight is 331 g/mol. The van der Waals surface area contributed by atoms with E-state index < -0.39 is 0 Å². The third kappa shape index (κ3) is 2.81. The van der Waals surface area contributed by atoms with Crippen LogP contribution in [0.4, 0.5) is 9.52 Å². The fraction of sp³-hybridized carbons (Fsp3) is 0.250. The lowest BCUT2D eigenvalue weighted by Crippen LogP contribution is -1.96. The Morgan fingerprint density at radius 2 is 2.28 bits per heavy atom. The molecule has 0 atom stereocenters. The zero-order valence-electron chi connectivity index (χ0n) is 9.96. The van der Waals surface area contributed by atoms with Gasteiger partial charge in [-0.15, -0.1) is 0 Å². The van der Waals surface area contributed by atoms with Crippen molar-refractivity contribution in [1.29, 1.82) is 0 Å². The van der Waals surface area contributed by atoms with Crippen LogP contribution in [-0.4, -0.2) is 19.1 Å². The Bertz CT molecular complexity index is 559. The number of hydrogen-bond acceptors (Lipinski definition) is 4. The van der Waals surface area contributed by atoms with Gasteiger partial charge in [0.1, 0.15) is 11.6 Å². The SMILES string of the molecule is CNc1nc(Cc2cc(F)ccc2OC)c(Br)s1. The molecule has 96 valence electrons. The fourth-order valence-electron chi connectivity index (χ4n) is 1.61. The second-order valence-corrected chi connectivity index (χ2v) is 5.94. The molecule has 0 saturated heterocycles. The lowest BCUT2D eigenvalue weighted by Gasteiger charge is -2.07. The van der Waals surface area contributed by atoms with Crippen molar-refractivity contribution in [3.05, 3.63) is 39.1 Å². The van der Waals surface area contributed by atoms with Gasteiger partial charge in [-0.05, 0) is 34.1 Å². The van der Waals surface area contributed by atoms with Crippen molar-refractivity contribution in [1.82, 2.24) is 4.98 Å². The highest BCUT2D eigenvalue weighted by Gasteiger charge is 2.12. The summed E-state index contributed by atoms with van der Waals surface area (Å²) in [5, 5.41) is 3.81. The molecular weight excluding hydrogens is 319 g/mol. The predicted octanol–water partition coefficient (Wildman–Crippen LogP) is 3.69. The van der Waals surface area contributed by atoms with E-state index >= 15 is 0 Å². The van der Waals surface area contributed by atoms with E-state index in [1.165, 1.54) is 23.5 Å². The van der Waals surface area contributed by atoms with Crippen molar-refractivity contribution in [3.8, 4) is 5.75 Å². The summed E-state index contributed by atoms with van der Waals surface area (Å²) in [5.41, 5.74) is 1.65. The molecule has 1 aromatic carbocycles. The molecule has 0 amide bonds. The molecule has 0 aliphatic carbocycles. The molecule has 18 heavy (non-hydrogen) atoms. The minimum Gasteiger partial charge on any atom is -0.496 e. The molecule has 2 aromatic rings. The number of rotatable bonds is 4. The van der Waals surface area contributed by atoms with Crippen molar-refractivity contribution in [2.24, 2.45) is 0 Å². The summed E-state index contributed by atoms with van der Waals surface area (Å²) < 4.78 is 19.4. The molecule has 1 heterocycles. The first kappa shape index (κ1) is 13.3. The van der Waals surface area contributed by atoms with Crippen LogP contribution in [0, 0.1) is 5.82 Å². The maximum Gasteiger partial charge on any atom is 0.183 e. The molecule has 1 N–H and O–H groups in total. The second kappa shape index (κ2) is 5.67. The third-order valence-electron chi connectivity index (χ3n) is 2.46. The minimum absolute atomic E-state index is 0.272. The quantitative estimate of drug-likeness (QED) is 0.928. The van der Waals surface area contributed by atoms with Crippen LogP contribution in [0.5, 0.6) is 5.75 Å². The van der Waals surface area contributed by atoms with Gasteiger partial charge >= 0.3 is 0 Å². The number of aromatic nitrogens is 1. The molecule has 0 spiro atoms. The third-order valence-corrected chi connectivity index (χ3v) is 4.31. The number of nitrogens with zero attached hydrogens (tertiary/aromatic N) is 1. The summed E-state index contributed by atoms with van der Waals surface area (Å²) in [5.74, 6) is 0.397. The van der Waals surface area contributed by atoms with Crippen molar-refractivity contribution in [3.63, 3.8) is 0 Å². The van der Waals surface area contributed by atoms with Crippen molar-refractivity contribution in [2.75, 3.05) is 19.5 Å². The van der Waals surface area contributed by atoms with E-state index in [0.29, 0.717) is 12.2 Å². The minimum atomic E-state index is -0.272. The van der Waals surface area contributed by atoms with E-state index in [-0.39, 0.29) is 5.82 Å². The van der Waals surface area contributed by atoms with Crippen LogP contribution in [0.1, 0.15) is 11.3 Å². The van der Waals surface area contributed by atoms with Gasteiger partial charge < -0.3 is 10.1 Å². The highest BCUT2D eigenvalue weighted by molar-refractivity contribution is 9.11. The maximum absolute atomic E-state index is 13.3. The Balaban J connectivity index is 2.32. The number of anilines is 1. The molecule has 2 rings (SSSR count). The zero-order chi connectivity index (χ0) is 13.1. The predicted molar refractivity (Wildman–Crippen MR) is 75.1 cm³/mol. The molecule has 0 saturated carbocycles. The number of ether oxygens (including phenoxy) is 1. The standard InChI is InChI=1S/C12H12BrFN2OS/c1-15-12-16-9(11(13)18-12)6-7-5-8(14)3-4-10(7)17-2/h3-5H,6H2,1-2H3,(H,15,16). The highest BCUT2D eigenvalue weighted by Crippen LogP contribution is 2.31. The average Bonchev–Trinajstić information content (AvgIpc) is 2.71. The van der Waals surface area contributed by atoms with E-state index in [1.807, 2.05) is 7.05 Å². The first-order chi connectivity index (χ1) is 8.63. The Labute approximate surface area is 117 Å². The zero-order valence-corrected chi connectivity index (χ0v) is 12.4. The van der Waals surface area contributed by atoms with E-state index in [2.05, 4.69) is 26.2 Å². The first-order valence-electron chi connectivity index (χ1n) is 5.29. The smallest absolute Gasteiger partial charge is 0.183 e. The van der Waals surface area contributed by atoms with Gasteiger partial charge in [0.25, 0.3) is 0 Å². The Morgan fingerprint density at radius 3 is 2.89 bits per heavy atom.